The summed E-state index contributed by atoms with van der Waals surface area (Å²) >= 11 is 0. The van der Waals surface area contributed by atoms with E-state index in [0.717, 1.165) is 85.0 Å². The number of aliphatic carboxylic acids is 1. The number of hydrogen-bond donors (Lipinski definition) is 25. The molecule has 7 fully saturated rings. The van der Waals surface area contributed by atoms with Gasteiger partial charge in [0.1, 0.15) is 159 Å². The fourth-order valence-corrected chi connectivity index (χ4v) is 17.5. The zero-order valence-corrected chi connectivity index (χ0v) is 76.1. The van der Waals surface area contributed by atoms with Crippen molar-refractivity contribution in [2.24, 2.45) is 0 Å². The molecular weight excluding hydrogens is 1740 g/mol. The van der Waals surface area contributed by atoms with Gasteiger partial charge in [0.25, 0.3) is 5.79 Å². The zero-order valence-electron chi connectivity index (χ0n) is 76.1. The molecule has 0 aromatic carbocycles. The Morgan fingerprint density at radius 3 is 1.39 bits per heavy atom. The molecule has 0 aromatic heterocycles. The molecule has 0 spiro atoms. The van der Waals surface area contributed by atoms with Gasteiger partial charge in [0, 0.05) is 33.6 Å². The Bertz CT molecular complexity index is 3280. The Balaban J connectivity index is 1.19. The minimum absolute atomic E-state index is 0.105. The van der Waals surface area contributed by atoms with Crippen molar-refractivity contribution in [3.05, 3.63) is 12.2 Å². The fraction of sp³-hybridized carbons (Fsp3) is 0.920. The van der Waals surface area contributed by atoms with E-state index >= 15 is 0 Å². The highest BCUT2D eigenvalue weighted by molar-refractivity contribution is 5.77. The number of ether oxygens (including phenoxy) is 14. The molecule has 7 heterocycles. The first-order chi connectivity index (χ1) is 62.5. The molecule has 7 rings (SSSR count). The van der Waals surface area contributed by atoms with Crippen LogP contribution in [0.25, 0.3) is 0 Å². The Kier molecular flexibility index (Phi) is 50.3. The number of amides is 4. The molecule has 0 bridgehead atoms. The predicted molar refractivity (Wildman–Crippen MR) is 454 cm³/mol. The van der Waals surface area contributed by atoms with E-state index in [1.54, 1.807) is 6.08 Å². The first-order valence-corrected chi connectivity index (χ1v) is 47.0. The maximum atomic E-state index is 13.8. The molecule has 0 radical (unpaired) electrons. The third-order valence-electron chi connectivity index (χ3n) is 25.2. The predicted octanol–water partition coefficient (Wildman–Crippen LogP) is -4.22. The summed E-state index contributed by atoms with van der Waals surface area (Å²) in [5.74, 6) is -8.67. The van der Waals surface area contributed by atoms with Crippen molar-refractivity contribution < 1.29 is 198 Å². The Morgan fingerprint density at radius 2 is 0.855 bits per heavy atom. The molecule has 762 valence electrons. The number of carbonyl (C=O) groups excluding carboxylic acids is 4. The van der Waals surface area contributed by atoms with Crippen molar-refractivity contribution in [1.82, 2.24) is 21.3 Å². The summed E-state index contributed by atoms with van der Waals surface area (Å²) in [7, 11) is 0. The van der Waals surface area contributed by atoms with Crippen LogP contribution in [0.2, 0.25) is 0 Å². The van der Waals surface area contributed by atoms with E-state index in [2.05, 4.69) is 35.1 Å². The topological polar surface area (TPSA) is 688 Å². The molecule has 4 amide bonds. The lowest BCUT2D eigenvalue weighted by Crippen LogP contribution is -2.72. The lowest BCUT2D eigenvalue weighted by atomic mass is 9.88. The lowest BCUT2D eigenvalue weighted by molar-refractivity contribution is -0.400. The molecule has 25 N–H and O–H groups in total. The van der Waals surface area contributed by atoms with E-state index in [-0.39, 0.29) is 6.42 Å². The van der Waals surface area contributed by atoms with Crippen LogP contribution in [-0.4, -0.2) is 416 Å². The SMILES string of the molecule is CCCCCCCCCCCCC/C=C/[C@@H](O)[C@H](CO[C@@H]1OC(CO)[C@@H](O[C@@H]2OC(CO[C@@H]3OC(CO)[C@@H](O)[C@H](O)C3NC(C)=O)[C@H](O)[C@H](O[C@@H]3OC(CO)[C@@H](O[C@H]4OC(C)[C@@H](O)C(O)[C@@H]4O)[C@H](O[C@@H]4OC(CO)[C@H](O)[C@H](O[C@]5(C(=O)O)CC(O)[C@@H](NC(C)=O)C([C@H](O)[C@H](O)CO)O5)C4O)C3NC(C)=O)C2O)[C@H](O)C1O)NC(=O)CCCCCCCCCCCCCCCCC. The zero-order chi connectivity index (χ0) is 96.3. The number of carbonyl (C=O) groups is 5. The summed E-state index contributed by atoms with van der Waals surface area (Å²) in [5.41, 5.74) is 0. The van der Waals surface area contributed by atoms with Crippen LogP contribution in [-0.2, 0) is 90.3 Å². The number of aliphatic hydroxyl groups excluding tert-OH is 20. The summed E-state index contributed by atoms with van der Waals surface area (Å²) in [4.78, 5) is 66.2. The molecular formula is C87H154N4O40. The number of carboxylic acid groups (broad SMARTS) is 1. The van der Waals surface area contributed by atoms with Crippen LogP contribution in [0.5, 0.6) is 0 Å². The molecule has 14 unspecified atom stereocenters. The van der Waals surface area contributed by atoms with Crippen LogP contribution in [0.4, 0.5) is 0 Å². The van der Waals surface area contributed by atoms with Crippen LogP contribution in [0.3, 0.4) is 0 Å². The molecule has 7 saturated heterocycles. The average Bonchev–Trinajstić information content (AvgIpc) is 0.743. The first-order valence-electron chi connectivity index (χ1n) is 47.0. The molecule has 0 aliphatic carbocycles. The second-order valence-corrected chi connectivity index (χ2v) is 35.7. The summed E-state index contributed by atoms with van der Waals surface area (Å²) in [6, 6.07) is -6.76. The number of carboxylic acids is 1. The fourth-order valence-electron chi connectivity index (χ4n) is 17.5. The smallest absolute Gasteiger partial charge is 0.364 e. The molecule has 44 nitrogen and oxygen atoms in total. The number of aliphatic hydroxyl groups is 20. The maximum Gasteiger partial charge on any atom is 0.364 e. The normalized spacial score (nSPS) is 37.5. The Morgan fingerprint density at radius 1 is 0.420 bits per heavy atom. The maximum absolute atomic E-state index is 13.8. The molecule has 38 atom stereocenters. The highest BCUT2D eigenvalue weighted by Gasteiger charge is 2.63. The summed E-state index contributed by atoms with van der Waals surface area (Å²) < 4.78 is 85.4. The number of rotatable bonds is 58. The highest BCUT2D eigenvalue weighted by Crippen LogP contribution is 2.42. The second-order valence-electron chi connectivity index (χ2n) is 35.7. The van der Waals surface area contributed by atoms with Crippen LogP contribution in [0.1, 0.15) is 228 Å². The summed E-state index contributed by atoms with van der Waals surface area (Å²) in [6.45, 7) is 1.21. The quantitative estimate of drug-likeness (QED) is 0.0203. The van der Waals surface area contributed by atoms with E-state index in [1.807, 2.05) is 0 Å². The van der Waals surface area contributed by atoms with Crippen LogP contribution in [0.15, 0.2) is 12.2 Å². The van der Waals surface area contributed by atoms with E-state index in [1.165, 1.54) is 109 Å². The van der Waals surface area contributed by atoms with Crippen molar-refractivity contribution >= 4 is 29.6 Å². The monoisotopic (exact) mass is 1900 g/mol. The first kappa shape index (κ1) is 114. The Hall–Kier alpha value is -4.27. The van der Waals surface area contributed by atoms with Gasteiger partial charge < -0.3 is 195 Å². The van der Waals surface area contributed by atoms with Crippen LogP contribution >= 0.6 is 0 Å². The van der Waals surface area contributed by atoms with E-state index < -0.39 is 315 Å². The van der Waals surface area contributed by atoms with Gasteiger partial charge in [-0.1, -0.05) is 180 Å². The molecule has 7 aliphatic rings. The van der Waals surface area contributed by atoms with E-state index in [9.17, 15) is 131 Å². The van der Waals surface area contributed by atoms with Crippen LogP contribution < -0.4 is 21.3 Å². The van der Waals surface area contributed by atoms with Gasteiger partial charge in [-0.2, -0.15) is 0 Å². The second kappa shape index (κ2) is 57.9. The molecule has 131 heavy (non-hydrogen) atoms. The molecule has 0 saturated carbocycles. The van der Waals surface area contributed by atoms with Gasteiger partial charge in [0.05, 0.1) is 76.6 Å². The van der Waals surface area contributed by atoms with Crippen molar-refractivity contribution in [2.75, 3.05) is 46.2 Å². The molecule has 7 aliphatic heterocycles. The van der Waals surface area contributed by atoms with Crippen LogP contribution in [0, 0.1) is 0 Å². The minimum Gasteiger partial charge on any atom is -0.477 e. The standard InChI is InChI=1S/C87H154N4O40/c1-7-9-11-13-15-17-19-21-22-24-26-28-30-32-34-36-58(103)91-49(50(100)35-33-31-29-27-25-23-20-18-16-14-12-10-8-2)43-118-82-71(113)69(111)74(55(41-95)124-82)126-84-72(114)78(66(108)57(125-84)44-119-80-60(89-47(5)98)67(109)64(106)53(39-93)121-80)129-81-61(90-48(6)99)77(75(56(42-96)123-81)127-83-70(112)68(110)62(104)45(3)120-83)128-85-73(115)79(65(107)54(40-94)122-85)131-87(86(116)117)37-51(101)59(88-46(4)97)76(130-87)63(105)52(102)38-92/h33,35,45,49-57,59-85,92-96,100-102,104-115H,7-32,34,36-44H2,1-6H3,(H,88,97)(H,89,98)(H,90,99)(H,91,103)(H,116,117)/b35-33+/t45?,49-,50+,51?,52+,53?,54?,55?,56?,57?,59+,60?,61?,62+,63+,64+,65-,66-,67+,68?,69+,70-,71?,72?,73?,74+,75+,76?,77+,78-,79-,80+,81-,82+,83+,84-,85-,87-/m0/s1. The van der Waals surface area contributed by atoms with Gasteiger partial charge in [-0.15, -0.1) is 0 Å². The number of unbranched alkanes of at least 4 members (excludes halogenated alkanes) is 25. The third-order valence-corrected chi connectivity index (χ3v) is 25.2. The van der Waals surface area contributed by atoms with Crippen molar-refractivity contribution in [3.63, 3.8) is 0 Å². The van der Waals surface area contributed by atoms with Gasteiger partial charge in [-0.3, -0.25) is 19.2 Å². The van der Waals surface area contributed by atoms with E-state index in [4.69, 9.17) is 66.3 Å². The summed E-state index contributed by atoms with van der Waals surface area (Å²) in [6.07, 6.45) is -37.4. The van der Waals surface area contributed by atoms with Crippen molar-refractivity contribution in [2.45, 2.75) is 460 Å². The van der Waals surface area contributed by atoms with E-state index in [0.29, 0.717) is 12.8 Å². The van der Waals surface area contributed by atoms with Gasteiger partial charge in [0.2, 0.25) is 23.6 Å². The largest absolute Gasteiger partial charge is 0.477 e. The number of allylic oxidation sites excluding steroid dienone is 1. The number of nitrogens with one attached hydrogen (secondary N) is 4. The minimum atomic E-state index is -3.36. The number of hydrogen-bond acceptors (Lipinski definition) is 39. The highest BCUT2D eigenvalue weighted by atomic mass is 16.8. The van der Waals surface area contributed by atoms with Gasteiger partial charge in [-0.05, 0) is 26.2 Å². The van der Waals surface area contributed by atoms with Crippen molar-refractivity contribution in [1.29, 1.82) is 0 Å². The third kappa shape index (κ3) is 33.2. The average molecular weight is 1900 g/mol. The van der Waals surface area contributed by atoms with Gasteiger partial charge in [-0.25, -0.2) is 4.79 Å². The van der Waals surface area contributed by atoms with Gasteiger partial charge >= 0.3 is 5.97 Å². The summed E-state index contributed by atoms with van der Waals surface area (Å²) in [5, 5.41) is 249. The lowest BCUT2D eigenvalue weighted by Gasteiger charge is -2.52. The van der Waals surface area contributed by atoms with Crippen molar-refractivity contribution in [3.8, 4) is 0 Å². The molecule has 0 aromatic rings. The van der Waals surface area contributed by atoms with Gasteiger partial charge in [0.15, 0.2) is 37.7 Å². The Labute approximate surface area is 764 Å². The molecule has 44 heteroatoms.